The van der Waals surface area contributed by atoms with Crippen molar-refractivity contribution in [2.45, 2.75) is 6.42 Å². The van der Waals surface area contributed by atoms with Crippen molar-refractivity contribution in [3.8, 4) is 11.3 Å². The van der Waals surface area contributed by atoms with Crippen molar-refractivity contribution in [1.29, 1.82) is 0 Å². The highest BCUT2D eigenvalue weighted by Crippen LogP contribution is 2.29. The number of benzene rings is 1. The summed E-state index contributed by atoms with van der Waals surface area (Å²) < 4.78 is 0. The molecular weight excluding hydrogens is 252 g/mol. The molecule has 2 aromatic heterocycles. The predicted molar refractivity (Wildman–Crippen MR) is 79.3 cm³/mol. The first-order chi connectivity index (χ1) is 9.90. The summed E-state index contributed by atoms with van der Waals surface area (Å²) in [6.45, 7) is 1.43. The maximum atomic E-state index is 5.51. The monoisotopic (exact) mass is 268 g/mol. The number of hydrogen-bond donors (Lipinski definition) is 3. The Labute approximate surface area is 116 Å². The molecule has 0 spiro atoms. The third-order valence-electron chi connectivity index (χ3n) is 3.09. The average molecular weight is 268 g/mol. The quantitative estimate of drug-likeness (QED) is 0.613. The molecule has 3 rings (SSSR count). The number of nitrogens with one attached hydrogen (secondary N) is 2. The van der Waals surface area contributed by atoms with Gasteiger partial charge in [0.05, 0.1) is 11.1 Å². The van der Waals surface area contributed by atoms with Gasteiger partial charge in [-0.15, -0.1) is 0 Å². The highest BCUT2D eigenvalue weighted by atomic mass is 15.2. The zero-order valence-corrected chi connectivity index (χ0v) is 11.0. The van der Waals surface area contributed by atoms with Gasteiger partial charge in [-0.2, -0.15) is 5.10 Å². The minimum absolute atomic E-state index is 0.651. The normalized spacial score (nSPS) is 10.8. The molecular formula is C14H16N6. The van der Waals surface area contributed by atoms with Crippen molar-refractivity contribution in [3.63, 3.8) is 0 Å². The number of nitrogens with two attached hydrogens (primary N) is 1. The van der Waals surface area contributed by atoms with Crippen molar-refractivity contribution in [1.82, 2.24) is 20.2 Å². The molecule has 0 fully saturated rings. The summed E-state index contributed by atoms with van der Waals surface area (Å²) in [5, 5.41) is 11.5. The van der Waals surface area contributed by atoms with Crippen LogP contribution in [0.4, 0.5) is 5.82 Å². The highest BCUT2D eigenvalue weighted by Gasteiger charge is 2.13. The van der Waals surface area contributed by atoms with Crippen LogP contribution >= 0.6 is 0 Å². The Hall–Kier alpha value is -2.47. The first kappa shape index (κ1) is 12.6. The van der Waals surface area contributed by atoms with E-state index in [1.807, 2.05) is 30.3 Å². The Balaban J connectivity index is 2.05. The third kappa shape index (κ3) is 2.33. The van der Waals surface area contributed by atoms with Gasteiger partial charge < -0.3 is 11.1 Å². The van der Waals surface area contributed by atoms with Gasteiger partial charge in [0.2, 0.25) is 0 Å². The van der Waals surface area contributed by atoms with Crippen molar-refractivity contribution in [3.05, 3.63) is 36.7 Å². The maximum absolute atomic E-state index is 5.51. The van der Waals surface area contributed by atoms with E-state index in [-0.39, 0.29) is 0 Å². The maximum Gasteiger partial charge on any atom is 0.186 e. The van der Waals surface area contributed by atoms with Crippen LogP contribution in [0, 0.1) is 0 Å². The summed E-state index contributed by atoms with van der Waals surface area (Å²) in [5.74, 6) is 0.788. The minimum atomic E-state index is 0.651. The lowest BCUT2D eigenvalue weighted by molar-refractivity contribution is 0.871. The van der Waals surface area contributed by atoms with E-state index >= 15 is 0 Å². The lowest BCUT2D eigenvalue weighted by Gasteiger charge is -2.06. The first-order valence-corrected chi connectivity index (χ1v) is 6.58. The lowest BCUT2D eigenvalue weighted by Crippen LogP contribution is -2.09. The van der Waals surface area contributed by atoms with Gasteiger partial charge >= 0.3 is 0 Å². The highest BCUT2D eigenvalue weighted by molar-refractivity contribution is 5.98. The molecule has 1 aromatic carbocycles. The molecule has 3 aromatic rings. The molecule has 4 N–H and O–H groups in total. The smallest absolute Gasteiger partial charge is 0.186 e. The Morgan fingerprint density at radius 3 is 2.80 bits per heavy atom. The molecule has 0 saturated carbocycles. The van der Waals surface area contributed by atoms with Crippen LogP contribution < -0.4 is 11.1 Å². The number of hydrogen-bond acceptors (Lipinski definition) is 5. The summed E-state index contributed by atoms with van der Waals surface area (Å²) in [6, 6.07) is 10.0. The zero-order chi connectivity index (χ0) is 13.8. The van der Waals surface area contributed by atoms with Crippen LogP contribution in [0.15, 0.2) is 36.7 Å². The number of fused-ring (bicyclic) bond motifs is 1. The van der Waals surface area contributed by atoms with E-state index in [1.165, 1.54) is 6.33 Å². The standard InChI is InChI=1S/C14H16N6/c15-7-4-8-16-13-11-12(10-5-2-1-3-6-10)19-20-14(11)18-9-17-13/h1-3,5-6,9H,4,7-8,15H2,(H2,16,17,18,19,20). The molecule has 0 atom stereocenters. The number of nitrogens with zero attached hydrogens (tertiary/aromatic N) is 3. The van der Waals surface area contributed by atoms with Crippen LogP contribution in [0.25, 0.3) is 22.3 Å². The molecule has 0 aliphatic rings. The van der Waals surface area contributed by atoms with Crippen molar-refractivity contribution in [2.24, 2.45) is 5.73 Å². The van der Waals surface area contributed by atoms with Crippen molar-refractivity contribution >= 4 is 16.9 Å². The van der Waals surface area contributed by atoms with Crippen LogP contribution in [0.1, 0.15) is 6.42 Å². The summed E-state index contributed by atoms with van der Waals surface area (Å²) in [7, 11) is 0. The predicted octanol–water partition coefficient (Wildman–Crippen LogP) is 1.78. The molecule has 6 heteroatoms. The number of anilines is 1. The van der Waals surface area contributed by atoms with E-state index < -0.39 is 0 Å². The van der Waals surface area contributed by atoms with Crippen LogP contribution in [0.3, 0.4) is 0 Å². The molecule has 0 amide bonds. The zero-order valence-electron chi connectivity index (χ0n) is 11.0. The number of rotatable bonds is 5. The van der Waals surface area contributed by atoms with E-state index in [4.69, 9.17) is 5.73 Å². The minimum Gasteiger partial charge on any atom is -0.369 e. The summed E-state index contributed by atoms with van der Waals surface area (Å²) in [6.07, 6.45) is 2.41. The largest absolute Gasteiger partial charge is 0.369 e. The molecule has 0 aliphatic heterocycles. The molecule has 102 valence electrons. The molecule has 0 aliphatic carbocycles. The molecule has 0 saturated heterocycles. The molecule has 0 unspecified atom stereocenters. The summed E-state index contributed by atoms with van der Waals surface area (Å²) >= 11 is 0. The lowest BCUT2D eigenvalue weighted by atomic mass is 10.1. The number of H-pyrrole nitrogens is 1. The fraction of sp³-hybridized carbons (Fsp3) is 0.214. The van der Waals surface area contributed by atoms with Crippen LogP contribution in [-0.2, 0) is 0 Å². The van der Waals surface area contributed by atoms with Crippen LogP contribution in [0.2, 0.25) is 0 Å². The summed E-state index contributed by atoms with van der Waals surface area (Å²) in [4.78, 5) is 8.51. The van der Waals surface area contributed by atoms with Gasteiger partial charge in [-0.25, -0.2) is 9.97 Å². The van der Waals surface area contributed by atoms with E-state index in [1.54, 1.807) is 0 Å². The van der Waals surface area contributed by atoms with Gasteiger partial charge in [-0.1, -0.05) is 30.3 Å². The van der Waals surface area contributed by atoms with E-state index in [0.717, 1.165) is 35.4 Å². The molecule has 6 nitrogen and oxygen atoms in total. The SMILES string of the molecule is NCCCNc1ncnc2n[nH]c(-c3ccccc3)c12. The van der Waals surface area contributed by atoms with Gasteiger partial charge in [0.25, 0.3) is 0 Å². The van der Waals surface area contributed by atoms with Gasteiger partial charge in [-0.05, 0) is 13.0 Å². The van der Waals surface area contributed by atoms with Gasteiger partial charge in [0.1, 0.15) is 12.1 Å². The molecule has 0 bridgehead atoms. The van der Waals surface area contributed by atoms with Gasteiger partial charge in [0.15, 0.2) is 5.65 Å². The third-order valence-corrected chi connectivity index (χ3v) is 3.09. The number of aromatic amines is 1. The molecule has 2 heterocycles. The average Bonchev–Trinajstić information content (AvgIpc) is 2.93. The molecule has 0 radical (unpaired) electrons. The Kier molecular flexibility index (Phi) is 3.56. The van der Waals surface area contributed by atoms with Crippen molar-refractivity contribution < 1.29 is 0 Å². The van der Waals surface area contributed by atoms with Crippen LogP contribution in [-0.4, -0.2) is 33.3 Å². The van der Waals surface area contributed by atoms with Crippen LogP contribution in [0.5, 0.6) is 0 Å². The molecule has 20 heavy (non-hydrogen) atoms. The topological polar surface area (TPSA) is 92.5 Å². The first-order valence-electron chi connectivity index (χ1n) is 6.58. The van der Waals surface area contributed by atoms with Gasteiger partial charge in [-0.3, -0.25) is 5.10 Å². The fourth-order valence-electron chi connectivity index (χ4n) is 2.11. The van der Waals surface area contributed by atoms with Crippen molar-refractivity contribution in [2.75, 3.05) is 18.4 Å². The second kappa shape index (κ2) is 5.66. The Morgan fingerprint density at radius 2 is 2.00 bits per heavy atom. The Morgan fingerprint density at radius 1 is 1.15 bits per heavy atom. The second-order valence-corrected chi connectivity index (χ2v) is 4.45. The second-order valence-electron chi connectivity index (χ2n) is 4.45. The fourth-order valence-corrected chi connectivity index (χ4v) is 2.11. The number of aromatic nitrogens is 4. The van der Waals surface area contributed by atoms with Gasteiger partial charge in [0, 0.05) is 12.1 Å². The van der Waals surface area contributed by atoms with E-state index in [9.17, 15) is 0 Å². The van der Waals surface area contributed by atoms with E-state index in [2.05, 4.69) is 25.5 Å². The van der Waals surface area contributed by atoms with E-state index in [0.29, 0.717) is 12.2 Å². The summed E-state index contributed by atoms with van der Waals surface area (Å²) in [5.41, 5.74) is 8.17. The Bertz CT molecular complexity index is 691.